The lowest BCUT2D eigenvalue weighted by Crippen LogP contribution is -2.15. The Labute approximate surface area is 123 Å². The van der Waals surface area contributed by atoms with E-state index in [4.69, 9.17) is 5.73 Å². The molecule has 2 rings (SSSR count). The average Bonchev–Trinajstić information content (AvgIpc) is 2.35. The van der Waals surface area contributed by atoms with Gasteiger partial charge in [0, 0.05) is 3.57 Å². The highest BCUT2D eigenvalue weighted by Gasteiger charge is 2.15. The van der Waals surface area contributed by atoms with Crippen molar-refractivity contribution in [3.05, 3.63) is 67.8 Å². The second kappa shape index (κ2) is 5.41. The SMILES string of the molecule is Cc1cccc(C(N)c2cccc(C)c2I)c1C. The minimum atomic E-state index is -0.0447. The smallest absolute Gasteiger partial charge is 0.0564 e. The zero-order chi connectivity index (χ0) is 13.3. The fourth-order valence-electron chi connectivity index (χ4n) is 2.19. The number of rotatable bonds is 2. The summed E-state index contributed by atoms with van der Waals surface area (Å²) in [5.41, 5.74) is 12.8. The van der Waals surface area contributed by atoms with E-state index in [1.807, 2.05) is 0 Å². The fraction of sp³-hybridized carbons (Fsp3) is 0.250. The molecule has 0 aliphatic rings. The van der Waals surface area contributed by atoms with Gasteiger partial charge in [0.25, 0.3) is 0 Å². The largest absolute Gasteiger partial charge is 0.320 e. The summed E-state index contributed by atoms with van der Waals surface area (Å²) in [4.78, 5) is 0. The number of hydrogen-bond donors (Lipinski definition) is 1. The summed E-state index contributed by atoms with van der Waals surface area (Å²) >= 11 is 2.39. The van der Waals surface area contributed by atoms with Gasteiger partial charge in [0.1, 0.15) is 0 Å². The first kappa shape index (κ1) is 13.6. The number of hydrogen-bond acceptors (Lipinski definition) is 1. The van der Waals surface area contributed by atoms with Crippen LogP contribution in [0.25, 0.3) is 0 Å². The van der Waals surface area contributed by atoms with Gasteiger partial charge in [-0.05, 0) is 71.2 Å². The summed E-state index contributed by atoms with van der Waals surface area (Å²) in [6.07, 6.45) is 0. The van der Waals surface area contributed by atoms with Crippen molar-refractivity contribution >= 4 is 22.6 Å². The number of aryl methyl sites for hydroxylation is 2. The first-order valence-electron chi connectivity index (χ1n) is 6.09. The summed E-state index contributed by atoms with van der Waals surface area (Å²) in [5.74, 6) is 0. The summed E-state index contributed by atoms with van der Waals surface area (Å²) < 4.78 is 1.27. The van der Waals surface area contributed by atoms with Gasteiger partial charge in [0.2, 0.25) is 0 Å². The van der Waals surface area contributed by atoms with Gasteiger partial charge >= 0.3 is 0 Å². The Hall–Kier alpha value is -0.870. The van der Waals surface area contributed by atoms with Crippen molar-refractivity contribution < 1.29 is 0 Å². The van der Waals surface area contributed by atoms with Crippen LogP contribution in [0.3, 0.4) is 0 Å². The van der Waals surface area contributed by atoms with Crippen molar-refractivity contribution in [3.63, 3.8) is 0 Å². The van der Waals surface area contributed by atoms with Crippen molar-refractivity contribution in [2.45, 2.75) is 26.8 Å². The quantitative estimate of drug-likeness (QED) is 0.804. The minimum absolute atomic E-state index is 0.0447. The van der Waals surface area contributed by atoms with Crippen molar-refractivity contribution in [3.8, 4) is 0 Å². The van der Waals surface area contributed by atoms with Crippen LogP contribution in [0.15, 0.2) is 36.4 Å². The van der Waals surface area contributed by atoms with E-state index in [0.717, 1.165) is 0 Å². The van der Waals surface area contributed by atoms with Crippen LogP contribution >= 0.6 is 22.6 Å². The van der Waals surface area contributed by atoms with E-state index in [1.54, 1.807) is 0 Å². The van der Waals surface area contributed by atoms with Crippen LogP contribution in [-0.4, -0.2) is 0 Å². The molecule has 18 heavy (non-hydrogen) atoms. The molecule has 2 aromatic rings. The third kappa shape index (κ3) is 2.45. The Morgan fingerprint density at radius 1 is 0.889 bits per heavy atom. The predicted octanol–water partition coefficient (Wildman–Crippen LogP) is 4.26. The summed E-state index contributed by atoms with van der Waals surface area (Å²) in [5, 5.41) is 0. The second-order valence-electron chi connectivity index (χ2n) is 4.74. The molecule has 0 aliphatic heterocycles. The molecule has 1 nitrogen and oxygen atoms in total. The maximum absolute atomic E-state index is 6.45. The molecule has 0 aromatic heterocycles. The lowest BCUT2D eigenvalue weighted by atomic mass is 9.93. The van der Waals surface area contributed by atoms with Gasteiger partial charge in [-0.2, -0.15) is 0 Å². The molecule has 0 saturated carbocycles. The van der Waals surface area contributed by atoms with Gasteiger partial charge < -0.3 is 5.73 Å². The highest BCUT2D eigenvalue weighted by molar-refractivity contribution is 14.1. The Morgan fingerprint density at radius 3 is 2.11 bits per heavy atom. The maximum atomic E-state index is 6.45. The van der Waals surface area contributed by atoms with E-state index in [0.29, 0.717) is 0 Å². The van der Waals surface area contributed by atoms with Crippen molar-refractivity contribution in [1.82, 2.24) is 0 Å². The van der Waals surface area contributed by atoms with Gasteiger partial charge in [-0.25, -0.2) is 0 Å². The van der Waals surface area contributed by atoms with E-state index in [-0.39, 0.29) is 6.04 Å². The first-order chi connectivity index (χ1) is 8.52. The molecule has 0 fully saturated rings. The Bertz CT molecular complexity index is 524. The zero-order valence-corrected chi connectivity index (χ0v) is 13.2. The fourth-order valence-corrected chi connectivity index (χ4v) is 2.88. The molecule has 0 bridgehead atoms. The van der Waals surface area contributed by atoms with Crippen molar-refractivity contribution in [2.75, 3.05) is 0 Å². The van der Waals surface area contributed by atoms with Crippen LogP contribution < -0.4 is 5.73 Å². The zero-order valence-electron chi connectivity index (χ0n) is 11.0. The lowest BCUT2D eigenvalue weighted by molar-refractivity contribution is 0.851. The average molecular weight is 351 g/mol. The Morgan fingerprint density at radius 2 is 1.44 bits per heavy atom. The summed E-state index contributed by atoms with van der Waals surface area (Å²) in [7, 11) is 0. The van der Waals surface area contributed by atoms with Crippen LogP contribution in [0, 0.1) is 24.3 Å². The molecular weight excluding hydrogens is 333 g/mol. The van der Waals surface area contributed by atoms with Gasteiger partial charge in [-0.3, -0.25) is 0 Å². The molecule has 2 N–H and O–H groups in total. The summed E-state index contributed by atoms with van der Waals surface area (Å²) in [6.45, 7) is 6.40. The number of nitrogens with two attached hydrogens (primary N) is 1. The lowest BCUT2D eigenvalue weighted by Gasteiger charge is -2.19. The van der Waals surface area contributed by atoms with Crippen LogP contribution in [0.1, 0.15) is 33.9 Å². The molecule has 0 saturated heterocycles. The van der Waals surface area contributed by atoms with Gasteiger partial charge in [-0.1, -0.05) is 36.4 Å². The van der Waals surface area contributed by atoms with E-state index in [9.17, 15) is 0 Å². The number of benzene rings is 2. The number of halogens is 1. The highest BCUT2D eigenvalue weighted by Crippen LogP contribution is 2.28. The van der Waals surface area contributed by atoms with Crippen LogP contribution in [0.2, 0.25) is 0 Å². The second-order valence-corrected chi connectivity index (χ2v) is 5.82. The molecule has 0 spiro atoms. The Kier molecular flexibility index (Phi) is 4.07. The Balaban J connectivity index is 2.51. The molecule has 0 aliphatic carbocycles. The van der Waals surface area contributed by atoms with E-state index in [1.165, 1.54) is 31.4 Å². The minimum Gasteiger partial charge on any atom is -0.320 e. The van der Waals surface area contributed by atoms with Crippen molar-refractivity contribution in [1.29, 1.82) is 0 Å². The molecule has 0 heterocycles. The highest BCUT2D eigenvalue weighted by atomic mass is 127. The van der Waals surface area contributed by atoms with Gasteiger partial charge in [0.15, 0.2) is 0 Å². The topological polar surface area (TPSA) is 26.0 Å². The van der Waals surface area contributed by atoms with E-state index in [2.05, 4.69) is 79.8 Å². The van der Waals surface area contributed by atoms with Gasteiger partial charge in [-0.15, -0.1) is 0 Å². The monoisotopic (exact) mass is 351 g/mol. The van der Waals surface area contributed by atoms with E-state index >= 15 is 0 Å². The normalized spacial score (nSPS) is 12.5. The van der Waals surface area contributed by atoms with Crippen LogP contribution in [-0.2, 0) is 0 Å². The third-order valence-corrected chi connectivity index (χ3v) is 5.01. The van der Waals surface area contributed by atoms with Crippen LogP contribution in [0.4, 0.5) is 0 Å². The van der Waals surface area contributed by atoms with Crippen LogP contribution in [0.5, 0.6) is 0 Å². The maximum Gasteiger partial charge on any atom is 0.0564 e. The molecular formula is C16H18IN. The standard InChI is InChI=1S/C16H18IN/c1-10-6-4-8-13(12(10)3)16(18)14-9-5-7-11(2)15(14)17/h4-9,16H,18H2,1-3H3. The third-order valence-electron chi connectivity index (χ3n) is 3.54. The predicted molar refractivity (Wildman–Crippen MR) is 85.8 cm³/mol. The first-order valence-corrected chi connectivity index (χ1v) is 7.17. The van der Waals surface area contributed by atoms with E-state index < -0.39 is 0 Å². The molecule has 0 radical (unpaired) electrons. The van der Waals surface area contributed by atoms with Crippen molar-refractivity contribution in [2.24, 2.45) is 5.73 Å². The molecule has 2 heteroatoms. The molecule has 2 aromatic carbocycles. The molecule has 94 valence electrons. The molecule has 1 unspecified atom stereocenters. The molecule has 1 atom stereocenters. The molecule has 0 amide bonds. The van der Waals surface area contributed by atoms with Gasteiger partial charge in [0.05, 0.1) is 6.04 Å². The summed E-state index contributed by atoms with van der Waals surface area (Å²) in [6, 6.07) is 12.6.